The third-order valence-electron chi connectivity index (χ3n) is 3.75. The second kappa shape index (κ2) is 13.0. The van der Waals surface area contributed by atoms with Crippen molar-refractivity contribution >= 4 is 5.97 Å². The lowest BCUT2D eigenvalue weighted by Gasteiger charge is -2.29. The van der Waals surface area contributed by atoms with Gasteiger partial charge in [0, 0.05) is 13.0 Å². The highest BCUT2D eigenvalue weighted by atomic mass is 16.5. The van der Waals surface area contributed by atoms with E-state index < -0.39 is 18.2 Å². The molecule has 0 heterocycles. The fourth-order valence-electron chi connectivity index (χ4n) is 2.50. The summed E-state index contributed by atoms with van der Waals surface area (Å²) >= 11 is 0. The first-order valence-electron chi connectivity index (χ1n) is 8.19. The van der Waals surface area contributed by atoms with Gasteiger partial charge in [0.05, 0.1) is 12.7 Å². The van der Waals surface area contributed by atoms with E-state index >= 15 is 0 Å². The van der Waals surface area contributed by atoms with Gasteiger partial charge in [-0.05, 0) is 31.6 Å². The second-order valence-corrected chi connectivity index (χ2v) is 5.62. The topological polar surface area (TPSA) is 87.0 Å². The van der Waals surface area contributed by atoms with E-state index in [9.17, 15) is 15.0 Å². The van der Waals surface area contributed by atoms with Crippen LogP contribution in [-0.2, 0) is 9.53 Å². The van der Waals surface area contributed by atoms with Crippen molar-refractivity contribution in [1.82, 2.24) is 0 Å². The van der Waals surface area contributed by atoms with Gasteiger partial charge in [-0.3, -0.25) is 4.79 Å². The molecule has 5 heteroatoms. The minimum Gasteiger partial charge on any atom is -0.481 e. The lowest BCUT2D eigenvalue weighted by molar-refractivity contribution is -0.137. The van der Waals surface area contributed by atoms with E-state index in [0.29, 0.717) is 19.4 Å². The number of ether oxygens (including phenoxy) is 1. The van der Waals surface area contributed by atoms with E-state index in [-0.39, 0.29) is 18.9 Å². The minimum absolute atomic E-state index is 0.130. The Labute approximate surface area is 128 Å². The maximum Gasteiger partial charge on any atom is 0.303 e. The normalized spacial score (nSPS) is 15.6. The number of carboxylic acid groups (broad SMARTS) is 1. The summed E-state index contributed by atoms with van der Waals surface area (Å²) in [6.07, 6.45) is 5.13. The number of aliphatic hydroxyl groups excluding tert-OH is 2. The van der Waals surface area contributed by atoms with Crippen molar-refractivity contribution in [3.05, 3.63) is 0 Å². The summed E-state index contributed by atoms with van der Waals surface area (Å²) in [5.41, 5.74) is 0. The van der Waals surface area contributed by atoms with Crippen molar-refractivity contribution < 1.29 is 24.9 Å². The molecule has 0 aliphatic rings. The van der Waals surface area contributed by atoms with Gasteiger partial charge in [0.2, 0.25) is 0 Å². The maximum atomic E-state index is 10.4. The lowest BCUT2D eigenvalue weighted by Crippen LogP contribution is -2.38. The highest BCUT2D eigenvalue weighted by Crippen LogP contribution is 2.22. The van der Waals surface area contributed by atoms with Crippen LogP contribution in [0, 0.1) is 5.92 Å². The van der Waals surface area contributed by atoms with E-state index in [2.05, 4.69) is 13.8 Å². The summed E-state index contributed by atoms with van der Waals surface area (Å²) < 4.78 is 5.55. The van der Waals surface area contributed by atoms with Crippen molar-refractivity contribution in [2.24, 2.45) is 5.92 Å². The summed E-state index contributed by atoms with van der Waals surface area (Å²) in [4.78, 5) is 10.4. The van der Waals surface area contributed by atoms with Crippen molar-refractivity contribution in [1.29, 1.82) is 0 Å². The Hall–Kier alpha value is -0.650. The number of carboxylic acids is 1. The standard InChI is InChI=1S/C16H32O5/c1-3-5-9-13(8-4-2)16(20)14(12-17)21-11-7-6-10-15(18)19/h13-14,16-17,20H,3-12H2,1-2H3,(H,18,19)/t13?,14-,16?/m0/s1. The fraction of sp³-hybridized carbons (Fsp3) is 0.938. The average Bonchev–Trinajstić information content (AvgIpc) is 2.46. The summed E-state index contributed by atoms with van der Waals surface area (Å²) in [6.45, 7) is 4.39. The predicted molar refractivity (Wildman–Crippen MR) is 82.2 cm³/mol. The van der Waals surface area contributed by atoms with Crippen molar-refractivity contribution in [3.63, 3.8) is 0 Å². The molecular weight excluding hydrogens is 272 g/mol. The third kappa shape index (κ3) is 9.82. The zero-order valence-corrected chi connectivity index (χ0v) is 13.5. The molecule has 3 N–H and O–H groups in total. The Balaban J connectivity index is 4.16. The Morgan fingerprint density at radius 2 is 1.81 bits per heavy atom. The Bertz CT molecular complexity index is 257. The molecule has 0 fully saturated rings. The van der Waals surface area contributed by atoms with Gasteiger partial charge in [-0.25, -0.2) is 0 Å². The number of aliphatic hydroxyl groups is 2. The van der Waals surface area contributed by atoms with E-state index in [0.717, 1.165) is 32.1 Å². The van der Waals surface area contributed by atoms with Gasteiger partial charge in [-0.2, -0.15) is 0 Å². The number of hydrogen-bond acceptors (Lipinski definition) is 4. The van der Waals surface area contributed by atoms with Crippen molar-refractivity contribution in [3.8, 4) is 0 Å². The number of aliphatic carboxylic acids is 1. The molecule has 0 bridgehead atoms. The third-order valence-corrected chi connectivity index (χ3v) is 3.75. The molecule has 0 spiro atoms. The van der Waals surface area contributed by atoms with Crippen LogP contribution < -0.4 is 0 Å². The monoisotopic (exact) mass is 304 g/mol. The van der Waals surface area contributed by atoms with Crippen LogP contribution in [0.2, 0.25) is 0 Å². The molecule has 21 heavy (non-hydrogen) atoms. The molecule has 0 saturated carbocycles. The Kier molecular flexibility index (Phi) is 12.6. The summed E-state index contributed by atoms with van der Waals surface area (Å²) in [5.74, 6) is -0.651. The van der Waals surface area contributed by atoms with Gasteiger partial charge < -0.3 is 20.1 Å². The van der Waals surface area contributed by atoms with Crippen LogP contribution in [0.25, 0.3) is 0 Å². The molecule has 2 unspecified atom stereocenters. The van der Waals surface area contributed by atoms with Crippen molar-refractivity contribution in [2.75, 3.05) is 13.2 Å². The predicted octanol–water partition coefficient (Wildman–Crippen LogP) is 2.59. The molecule has 0 aromatic rings. The summed E-state index contributed by atoms with van der Waals surface area (Å²) in [7, 11) is 0. The Morgan fingerprint density at radius 1 is 1.10 bits per heavy atom. The fourth-order valence-corrected chi connectivity index (χ4v) is 2.50. The molecule has 0 aliphatic heterocycles. The highest BCUT2D eigenvalue weighted by Gasteiger charge is 2.27. The molecule has 0 aromatic carbocycles. The van der Waals surface area contributed by atoms with E-state index in [1.54, 1.807) is 0 Å². The van der Waals surface area contributed by atoms with Crippen LogP contribution >= 0.6 is 0 Å². The largest absolute Gasteiger partial charge is 0.481 e. The molecule has 0 aliphatic carbocycles. The van der Waals surface area contributed by atoms with Crippen LogP contribution in [0.3, 0.4) is 0 Å². The number of carbonyl (C=O) groups is 1. The van der Waals surface area contributed by atoms with Crippen LogP contribution in [0.5, 0.6) is 0 Å². The van der Waals surface area contributed by atoms with Crippen molar-refractivity contribution in [2.45, 2.75) is 77.4 Å². The molecular formula is C16H32O5. The maximum absolute atomic E-state index is 10.4. The quantitative estimate of drug-likeness (QED) is 0.429. The van der Waals surface area contributed by atoms with Gasteiger partial charge in [-0.1, -0.05) is 33.1 Å². The first-order chi connectivity index (χ1) is 10.1. The summed E-state index contributed by atoms with van der Waals surface area (Å²) in [5, 5.41) is 28.3. The zero-order valence-electron chi connectivity index (χ0n) is 13.5. The van der Waals surface area contributed by atoms with Crippen LogP contribution in [-0.4, -0.2) is 46.7 Å². The first-order valence-corrected chi connectivity index (χ1v) is 8.19. The van der Waals surface area contributed by atoms with Gasteiger partial charge >= 0.3 is 5.97 Å². The van der Waals surface area contributed by atoms with E-state index in [1.807, 2.05) is 0 Å². The molecule has 3 atom stereocenters. The first kappa shape index (κ1) is 20.3. The lowest BCUT2D eigenvalue weighted by atomic mass is 9.89. The van der Waals surface area contributed by atoms with E-state index in [4.69, 9.17) is 9.84 Å². The van der Waals surface area contributed by atoms with E-state index in [1.165, 1.54) is 0 Å². The summed E-state index contributed by atoms with van der Waals surface area (Å²) in [6, 6.07) is 0. The molecule has 0 rings (SSSR count). The zero-order chi connectivity index (χ0) is 16.1. The molecule has 126 valence electrons. The molecule has 0 aromatic heterocycles. The minimum atomic E-state index is -0.809. The molecule has 5 nitrogen and oxygen atoms in total. The second-order valence-electron chi connectivity index (χ2n) is 5.62. The van der Waals surface area contributed by atoms with Gasteiger partial charge in [0.15, 0.2) is 0 Å². The molecule has 0 saturated heterocycles. The molecule has 0 amide bonds. The smallest absolute Gasteiger partial charge is 0.303 e. The van der Waals surface area contributed by atoms with Gasteiger partial charge in [-0.15, -0.1) is 0 Å². The van der Waals surface area contributed by atoms with Gasteiger partial charge in [0.1, 0.15) is 6.10 Å². The molecule has 0 radical (unpaired) electrons. The highest BCUT2D eigenvalue weighted by molar-refractivity contribution is 5.66. The van der Waals surface area contributed by atoms with Gasteiger partial charge in [0.25, 0.3) is 0 Å². The van der Waals surface area contributed by atoms with Crippen LogP contribution in [0.1, 0.15) is 65.2 Å². The number of unbranched alkanes of at least 4 members (excludes halogenated alkanes) is 2. The Morgan fingerprint density at radius 3 is 2.33 bits per heavy atom. The number of rotatable bonds is 14. The van der Waals surface area contributed by atoms with Crippen LogP contribution in [0.4, 0.5) is 0 Å². The van der Waals surface area contributed by atoms with Crippen LogP contribution in [0.15, 0.2) is 0 Å². The SMILES string of the molecule is CCCCC(CCC)C(O)[C@H](CO)OCCCCC(=O)O. The average molecular weight is 304 g/mol. The number of hydrogen-bond donors (Lipinski definition) is 3.